The van der Waals surface area contributed by atoms with E-state index in [4.69, 9.17) is 19.7 Å². The maximum absolute atomic E-state index is 12.0. The van der Waals surface area contributed by atoms with E-state index in [2.05, 4.69) is 30.0 Å². The third kappa shape index (κ3) is 10.2. The second kappa shape index (κ2) is 16.2. The molecule has 1 aromatic heterocycles. The van der Waals surface area contributed by atoms with Gasteiger partial charge in [-0.2, -0.15) is 0 Å². The minimum atomic E-state index is -0.654. The van der Waals surface area contributed by atoms with Crippen LogP contribution in [0.5, 0.6) is 0 Å². The van der Waals surface area contributed by atoms with Crippen LogP contribution < -0.4 is 0 Å². The second-order valence-corrected chi connectivity index (χ2v) is 9.76. The fourth-order valence-electron chi connectivity index (χ4n) is 4.52. The normalized spacial score (nSPS) is 17.6. The van der Waals surface area contributed by atoms with Crippen LogP contribution in [0, 0.1) is 17.8 Å². The summed E-state index contributed by atoms with van der Waals surface area (Å²) in [6, 6.07) is 0. The van der Waals surface area contributed by atoms with Crippen molar-refractivity contribution in [2.75, 3.05) is 26.4 Å². The summed E-state index contributed by atoms with van der Waals surface area (Å²) in [6.45, 7) is 8.39. The number of rotatable bonds is 16. The van der Waals surface area contributed by atoms with Gasteiger partial charge in [-0.05, 0) is 49.5 Å². The van der Waals surface area contributed by atoms with Crippen LogP contribution in [0.25, 0.3) is 0 Å². The summed E-state index contributed by atoms with van der Waals surface area (Å²) in [6.07, 6.45) is 14.4. The van der Waals surface area contributed by atoms with Gasteiger partial charge < -0.3 is 19.7 Å². The average Bonchev–Trinajstić information content (AvgIpc) is 2.91. The first-order valence-corrected chi connectivity index (χ1v) is 13.1. The number of aryl methyl sites for hydroxylation is 2. The minimum absolute atomic E-state index is 0.0145. The molecule has 1 heterocycles. The SMILES string of the molecule is C=C(CO)C(=O)OCC(COC(=O)C(=C)CO)C1CCC(CCc2ncc(CCCCC)cn2)CC1. The Morgan fingerprint density at radius 1 is 0.944 bits per heavy atom. The van der Waals surface area contributed by atoms with Crippen molar-refractivity contribution < 1.29 is 29.3 Å². The smallest absolute Gasteiger partial charge is 0.335 e. The lowest BCUT2D eigenvalue weighted by molar-refractivity contribution is -0.146. The molecule has 0 unspecified atom stereocenters. The van der Waals surface area contributed by atoms with Crippen molar-refractivity contribution in [3.8, 4) is 0 Å². The highest BCUT2D eigenvalue weighted by atomic mass is 16.5. The van der Waals surface area contributed by atoms with Crippen LogP contribution in [-0.2, 0) is 31.9 Å². The fraction of sp³-hybridized carbons (Fsp3) is 0.643. The van der Waals surface area contributed by atoms with Crippen LogP contribution in [0.2, 0.25) is 0 Å². The van der Waals surface area contributed by atoms with Crippen molar-refractivity contribution in [1.29, 1.82) is 0 Å². The van der Waals surface area contributed by atoms with Gasteiger partial charge >= 0.3 is 11.9 Å². The molecule has 0 spiro atoms. The lowest BCUT2D eigenvalue weighted by atomic mass is 9.75. The molecule has 2 rings (SSSR count). The highest BCUT2D eigenvalue weighted by Gasteiger charge is 2.30. The highest BCUT2D eigenvalue weighted by Crippen LogP contribution is 2.36. The molecule has 2 N–H and O–H groups in total. The standard InChI is InChI=1S/C28H42N2O6/c1-4-5-6-7-23-14-29-26(30-15-23)13-10-22-8-11-24(12-9-22)25(18-35-27(33)20(2)16-31)19-36-28(34)21(3)17-32/h14-15,22,24-25,31-32H,2-13,16-19H2,1H3. The topological polar surface area (TPSA) is 119 Å². The number of carbonyl (C=O) groups excluding carboxylic acids is 2. The Labute approximate surface area is 214 Å². The Balaban J connectivity index is 1.83. The van der Waals surface area contributed by atoms with Gasteiger partial charge in [0, 0.05) is 24.7 Å². The molecule has 8 nitrogen and oxygen atoms in total. The van der Waals surface area contributed by atoms with E-state index in [9.17, 15) is 9.59 Å². The molecule has 0 bridgehead atoms. The monoisotopic (exact) mass is 502 g/mol. The van der Waals surface area contributed by atoms with E-state index in [0.29, 0.717) is 5.92 Å². The third-order valence-electron chi connectivity index (χ3n) is 6.98. The number of esters is 2. The van der Waals surface area contributed by atoms with E-state index in [-0.39, 0.29) is 36.2 Å². The van der Waals surface area contributed by atoms with Crippen LogP contribution in [0.4, 0.5) is 0 Å². The number of aliphatic hydroxyl groups is 2. The van der Waals surface area contributed by atoms with Crippen molar-refractivity contribution >= 4 is 11.9 Å². The van der Waals surface area contributed by atoms with Gasteiger partial charge in [0.2, 0.25) is 0 Å². The molecular formula is C28H42N2O6. The molecule has 0 aromatic carbocycles. The van der Waals surface area contributed by atoms with Gasteiger partial charge in [-0.1, -0.05) is 45.8 Å². The molecule has 1 aliphatic carbocycles. The zero-order valence-corrected chi connectivity index (χ0v) is 21.6. The number of ether oxygens (including phenoxy) is 2. The first-order valence-electron chi connectivity index (χ1n) is 13.1. The molecular weight excluding hydrogens is 460 g/mol. The predicted molar refractivity (Wildman–Crippen MR) is 137 cm³/mol. The molecule has 1 aromatic rings. The van der Waals surface area contributed by atoms with Gasteiger partial charge in [0.1, 0.15) is 5.82 Å². The molecule has 200 valence electrons. The number of aromatic nitrogens is 2. The predicted octanol–water partition coefficient (Wildman–Crippen LogP) is 3.75. The number of nitrogens with zero attached hydrogens (tertiary/aromatic N) is 2. The van der Waals surface area contributed by atoms with E-state index in [1.165, 1.54) is 24.8 Å². The third-order valence-corrected chi connectivity index (χ3v) is 6.98. The van der Waals surface area contributed by atoms with E-state index in [1.54, 1.807) is 0 Å². The number of carbonyl (C=O) groups is 2. The molecule has 0 amide bonds. The average molecular weight is 503 g/mol. The van der Waals surface area contributed by atoms with Gasteiger partial charge in [0.15, 0.2) is 0 Å². The van der Waals surface area contributed by atoms with Gasteiger partial charge in [-0.25, -0.2) is 19.6 Å². The van der Waals surface area contributed by atoms with Crippen LogP contribution in [0.1, 0.15) is 69.7 Å². The summed E-state index contributed by atoms with van der Waals surface area (Å²) in [5, 5.41) is 18.2. The molecule has 0 saturated heterocycles. The summed E-state index contributed by atoms with van der Waals surface area (Å²) in [4.78, 5) is 33.0. The van der Waals surface area contributed by atoms with Crippen molar-refractivity contribution in [2.45, 2.75) is 71.1 Å². The number of aliphatic hydroxyl groups excluding tert-OH is 2. The number of hydrogen-bond acceptors (Lipinski definition) is 8. The number of unbranched alkanes of at least 4 members (excludes halogenated alkanes) is 2. The molecule has 8 heteroatoms. The van der Waals surface area contributed by atoms with Crippen LogP contribution in [0.3, 0.4) is 0 Å². The second-order valence-electron chi connectivity index (χ2n) is 9.76. The minimum Gasteiger partial charge on any atom is -0.462 e. The molecule has 36 heavy (non-hydrogen) atoms. The molecule has 0 radical (unpaired) electrons. The molecule has 1 aliphatic rings. The first kappa shape index (κ1) is 29.6. The Morgan fingerprint density at radius 3 is 2.00 bits per heavy atom. The van der Waals surface area contributed by atoms with Gasteiger partial charge in [-0.3, -0.25) is 0 Å². The van der Waals surface area contributed by atoms with Crippen molar-refractivity contribution in [2.24, 2.45) is 17.8 Å². The summed E-state index contributed by atoms with van der Waals surface area (Å²) in [7, 11) is 0. The Kier molecular flexibility index (Phi) is 13.4. The maximum Gasteiger partial charge on any atom is 0.335 e. The van der Waals surface area contributed by atoms with Crippen molar-refractivity contribution in [3.63, 3.8) is 0 Å². The number of hydrogen-bond donors (Lipinski definition) is 2. The highest BCUT2D eigenvalue weighted by molar-refractivity contribution is 5.88. The Bertz CT molecular complexity index is 814. The van der Waals surface area contributed by atoms with Crippen molar-refractivity contribution in [1.82, 2.24) is 9.97 Å². The zero-order chi connectivity index (χ0) is 26.3. The lowest BCUT2D eigenvalue weighted by Gasteiger charge is -2.33. The van der Waals surface area contributed by atoms with E-state index in [1.807, 2.05) is 12.4 Å². The lowest BCUT2D eigenvalue weighted by Crippen LogP contribution is -2.31. The van der Waals surface area contributed by atoms with Crippen molar-refractivity contribution in [3.05, 3.63) is 48.1 Å². The fourth-order valence-corrected chi connectivity index (χ4v) is 4.52. The molecule has 1 saturated carbocycles. The largest absolute Gasteiger partial charge is 0.462 e. The quantitative estimate of drug-likeness (QED) is 0.199. The van der Waals surface area contributed by atoms with Gasteiger partial charge in [-0.15, -0.1) is 0 Å². The molecule has 0 atom stereocenters. The summed E-state index contributed by atoms with van der Waals surface area (Å²) < 4.78 is 10.6. The van der Waals surface area contributed by atoms with Crippen LogP contribution >= 0.6 is 0 Å². The Hall–Kier alpha value is -2.58. The van der Waals surface area contributed by atoms with Crippen LogP contribution in [0.15, 0.2) is 36.7 Å². The maximum atomic E-state index is 12.0. The zero-order valence-electron chi connectivity index (χ0n) is 21.6. The molecule has 0 aliphatic heterocycles. The van der Waals surface area contributed by atoms with E-state index in [0.717, 1.165) is 50.8 Å². The first-order chi connectivity index (χ1) is 17.4. The summed E-state index contributed by atoms with van der Waals surface area (Å²) >= 11 is 0. The van der Waals surface area contributed by atoms with E-state index >= 15 is 0 Å². The van der Waals surface area contributed by atoms with Gasteiger partial charge in [0.05, 0.1) is 37.6 Å². The summed E-state index contributed by atoms with van der Waals surface area (Å²) in [5.74, 6) is 0.201. The van der Waals surface area contributed by atoms with Crippen LogP contribution in [-0.4, -0.2) is 58.5 Å². The summed E-state index contributed by atoms with van der Waals surface area (Å²) in [5.41, 5.74) is 1.17. The van der Waals surface area contributed by atoms with Gasteiger partial charge in [0.25, 0.3) is 0 Å². The Morgan fingerprint density at radius 2 is 1.50 bits per heavy atom. The van der Waals surface area contributed by atoms with E-state index < -0.39 is 25.2 Å². The molecule has 1 fully saturated rings.